The Bertz CT molecular complexity index is 1370. The fraction of sp³-hybridized carbons (Fsp3) is 0.208. The first kappa shape index (κ1) is 25.4. The van der Waals surface area contributed by atoms with E-state index in [-0.39, 0.29) is 15.5 Å². The van der Waals surface area contributed by atoms with E-state index in [0.29, 0.717) is 5.56 Å². The zero-order valence-corrected chi connectivity index (χ0v) is 20.5. The molecule has 0 bridgehead atoms. The van der Waals surface area contributed by atoms with E-state index in [9.17, 15) is 26.0 Å². The van der Waals surface area contributed by atoms with Gasteiger partial charge in [-0.2, -0.15) is 0 Å². The molecule has 180 valence electrons. The van der Waals surface area contributed by atoms with Gasteiger partial charge in [0.15, 0.2) is 9.84 Å². The number of sulfone groups is 1. The number of carbonyl (C=O) groups is 1. The molecule has 0 unspecified atom stereocenters. The number of hydrogen-bond acceptors (Lipinski definition) is 5. The number of carbonyl (C=O) groups excluding carboxylic acids is 1. The minimum absolute atomic E-state index is 0.000336. The van der Waals surface area contributed by atoms with E-state index < -0.39 is 44.2 Å². The van der Waals surface area contributed by atoms with Gasteiger partial charge in [0, 0.05) is 6.26 Å². The molecule has 0 aliphatic carbocycles. The lowest BCUT2D eigenvalue weighted by Gasteiger charge is -2.25. The Hall–Kier alpha value is -3.24. The van der Waals surface area contributed by atoms with Crippen LogP contribution in [0, 0.1) is 12.7 Å². The molecular weight excluding hydrogens is 479 g/mol. The summed E-state index contributed by atoms with van der Waals surface area (Å²) in [6, 6.07) is 16.6. The van der Waals surface area contributed by atoms with Crippen LogP contribution in [0.3, 0.4) is 0 Å². The van der Waals surface area contributed by atoms with Gasteiger partial charge in [0.2, 0.25) is 5.91 Å². The maximum absolute atomic E-state index is 13.5. The van der Waals surface area contributed by atoms with E-state index in [0.717, 1.165) is 28.3 Å². The van der Waals surface area contributed by atoms with Crippen LogP contribution in [0.1, 0.15) is 24.1 Å². The smallest absolute Gasteiger partial charge is 0.264 e. The van der Waals surface area contributed by atoms with Gasteiger partial charge in [-0.15, -0.1) is 0 Å². The van der Waals surface area contributed by atoms with Gasteiger partial charge < -0.3 is 5.32 Å². The standard InChI is InChI=1S/C24H25FN2O5S2/c1-17-4-12-23(13-5-17)34(31,32)27(21-10-8-20(25)9-11-21)16-24(28)26-18(2)19-6-14-22(15-7-19)33(3,29)30/h4-15,18H,16H2,1-3H3,(H,26,28)/t18-/m1/s1. The number of halogens is 1. The second-order valence-electron chi connectivity index (χ2n) is 7.93. The molecule has 0 aromatic heterocycles. The van der Waals surface area contributed by atoms with Crippen LogP contribution in [0.15, 0.2) is 82.6 Å². The summed E-state index contributed by atoms with van der Waals surface area (Å²) in [4.78, 5) is 13.0. The second-order valence-corrected chi connectivity index (χ2v) is 11.8. The Balaban J connectivity index is 1.85. The number of amides is 1. The number of rotatable bonds is 8. The van der Waals surface area contributed by atoms with E-state index >= 15 is 0 Å². The Labute approximate surface area is 199 Å². The topological polar surface area (TPSA) is 101 Å². The van der Waals surface area contributed by atoms with Crippen molar-refractivity contribution in [3.63, 3.8) is 0 Å². The summed E-state index contributed by atoms with van der Waals surface area (Å²) in [7, 11) is -7.47. The van der Waals surface area contributed by atoms with Gasteiger partial charge >= 0.3 is 0 Å². The number of nitrogens with one attached hydrogen (secondary N) is 1. The minimum atomic E-state index is -4.12. The molecule has 0 fully saturated rings. The highest BCUT2D eigenvalue weighted by molar-refractivity contribution is 7.93. The van der Waals surface area contributed by atoms with Crippen molar-refractivity contribution in [3.05, 3.63) is 89.7 Å². The van der Waals surface area contributed by atoms with E-state index in [1.807, 2.05) is 6.92 Å². The van der Waals surface area contributed by atoms with Gasteiger partial charge in [0.05, 0.1) is 21.5 Å². The van der Waals surface area contributed by atoms with Crippen molar-refractivity contribution < 1.29 is 26.0 Å². The third-order valence-corrected chi connectivity index (χ3v) is 8.11. The molecule has 3 aromatic rings. The van der Waals surface area contributed by atoms with Gasteiger partial charge in [-0.1, -0.05) is 29.8 Å². The lowest BCUT2D eigenvalue weighted by atomic mass is 10.1. The molecule has 34 heavy (non-hydrogen) atoms. The molecule has 3 rings (SSSR count). The molecule has 0 radical (unpaired) electrons. The lowest BCUT2D eigenvalue weighted by Crippen LogP contribution is -2.41. The Morgan fingerprint density at radius 1 is 0.882 bits per heavy atom. The van der Waals surface area contributed by atoms with Crippen molar-refractivity contribution in [2.45, 2.75) is 29.7 Å². The summed E-state index contributed by atoms with van der Waals surface area (Å²) < 4.78 is 64.4. The second kappa shape index (κ2) is 9.94. The van der Waals surface area contributed by atoms with Crippen molar-refractivity contribution in [1.29, 1.82) is 0 Å². The number of anilines is 1. The van der Waals surface area contributed by atoms with Crippen LogP contribution in [0.5, 0.6) is 0 Å². The van der Waals surface area contributed by atoms with E-state index in [1.54, 1.807) is 31.2 Å². The summed E-state index contributed by atoms with van der Waals surface area (Å²) in [5.74, 6) is -1.12. The fourth-order valence-electron chi connectivity index (χ4n) is 3.26. The SMILES string of the molecule is Cc1ccc(S(=O)(=O)N(CC(=O)N[C@H](C)c2ccc(S(C)(=O)=O)cc2)c2ccc(F)cc2)cc1. The van der Waals surface area contributed by atoms with E-state index in [4.69, 9.17) is 0 Å². The first-order valence-electron chi connectivity index (χ1n) is 10.3. The predicted octanol–water partition coefficient (Wildman–Crippen LogP) is 3.61. The van der Waals surface area contributed by atoms with Gasteiger partial charge in [-0.25, -0.2) is 21.2 Å². The van der Waals surface area contributed by atoms with Gasteiger partial charge in [-0.3, -0.25) is 9.10 Å². The number of benzene rings is 3. The molecule has 7 nitrogen and oxygen atoms in total. The summed E-state index contributed by atoms with van der Waals surface area (Å²) in [5.41, 5.74) is 1.67. The van der Waals surface area contributed by atoms with Crippen LogP contribution in [0.2, 0.25) is 0 Å². The first-order valence-corrected chi connectivity index (χ1v) is 13.7. The number of hydrogen-bond donors (Lipinski definition) is 1. The monoisotopic (exact) mass is 504 g/mol. The summed E-state index contributed by atoms with van der Waals surface area (Å²) in [6.45, 7) is 2.99. The summed E-state index contributed by atoms with van der Waals surface area (Å²) >= 11 is 0. The summed E-state index contributed by atoms with van der Waals surface area (Å²) in [6.07, 6.45) is 1.10. The third-order valence-electron chi connectivity index (χ3n) is 5.20. The van der Waals surface area contributed by atoms with Crippen molar-refractivity contribution in [1.82, 2.24) is 5.32 Å². The molecular formula is C24H25FN2O5S2. The Morgan fingerprint density at radius 3 is 1.94 bits per heavy atom. The number of sulfonamides is 1. The third kappa shape index (κ3) is 6.00. The van der Waals surface area contributed by atoms with Crippen LogP contribution >= 0.6 is 0 Å². The van der Waals surface area contributed by atoms with E-state index in [1.165, 1.54) is 36.4 Å². The molecule has 0 heterocycles. The Kier molecular flexibility index (Phi) is 7.42. The van der Waals surface area contributed by atoms with Gasteiger partial charge in [-0.05, 0) is 67.9 Å². The molecule has 3 aromatic carbocycles. The predicted molar refractivity (Wildman–Crippen MR) is 128 cm³/mol. The molecule has 0 aliphatic rings. The number of nitrogens with zero attached hydrogens (tertiary/aromatic N) is 1. The average molecular weight is 505 g/mol. The molecule has 0 aliphatic heterocycles. The quantitative estimate of drug-likeness (QED) is 0.505. The highest BCUT2D eigenvalue weighted by Crippen LogP contribution is 2.24. The van der Waals surface area contributed by atoms with Crippen LogP contribution < -0.4 is 9.62 Å². The normalized spacial score (nSPS) is 12.7. The average Bonchev–Trinajstić information content (AvgIpc) is 2.78. The van der Waals surface area contributed by atoms with Crippen LogP contribution in [0.4, 0.5) is 10.1 Å². The molecule has 1 N–H and O–H groups in total. The van der Waals surface area contributed by atoms with Crippen LogP contribution in [-0.2, 0) is 24.7 Å². The fourth-order valence-corrected chi connectivity index (χ4v) is 5.32. The largest absolute Gasteiger partial charge is 0.348 e. The number of aryl methyl sites for hydroxylation is 1. The van der Waals surface area contributed by atoms with Gasteiger partial charge in [0.1, 0.15) is 12.4 Å². The van der Waals surface area contributed by atoms with Gasteiger partial charge in [0.25, 0.3) is 10.0 Å². The molecule has 10 heteroatoms. The van der Waals surface area contributed by atoms with Crippen molar-refractivity contribution in [2.75, 3.05) is 17.1 Å². The summed E-state index contributed by atoms with van der Waals surface area (Å²) in [5, 5.41) is 2.73. The molecule has 0 saturated heterocycles. The highest BCUT2D eigenvalue weighted by Gasteiger charge is 2.27. The molecule has 0 spiro atoms. The lowest BCUT2D eigenvalue weighted by molar-refractivity contribution is -0.120. The highest BCUT2D eigenvalue weighted by atomic mass is 32.2. The molecule has 0 saturated carbocycles. The maximum Gasteiger partial charge on any atom is 0.264 e. The van der Waals surface area contributed by atoms with Crippen molar-refractivity contribution >= 4 is 31.5 Å². The molecule has 1 amide bonds. The van der Waals surface area contributed by atoms with Crippen LogP contribution in [-0.4, -0.2) is 35.5 Å². The minimum Gasteiger partial charge on any atom is -0.348 e. The van der Waals surface area contributed by atoms with Crippen molar-refractivity contribution in [2.24, 2.45) is 0 Å². The first-order chi connectivity index (χ1) is 15.9. The maximum atomic E-state index is 13.5. The zero-order chi connectivity index (χ0) is 25.1. The Morgan fingerprint density at radius 2 is 1.41 bits per heavy atom. The van der Waals surface area contributed by atoms with E-state index in [2.05, 4.69) is 5.32 Å². The zero-order valence-electron chi connectivity index (χ0n) is 18.9. The van der Waals surface area contributed by atoms with Crippen LogP contribution in [0.25, 0.3) is 0 Å². The van der Waals surface area contributed by atoms with Crippen molar-refractivity contribution in [3.8, 4) is 0 Å². The molecule has 1 atom stereocenters.